The fourth-order valence-corrected chi connectivity index (χ4v) is 3.00. The number of hydrogen-bond donors (Lipinski definition) is 2. The number of aliphatic hydroxyl groups is 1. The molecule has 1 fully saturated rings. The molecule has 2 N–H and O–H groups in total. The Morgan fingerprint density at radius 1 is 1.35 bits per heavy atom. The van der Waals surface area contributed by atoms with Gasteiger partial charge in [-0.15, -0.1) is 0 Å². The zero-order valence-electron chi connectivity index (χ0n) is 11.9. The first-order valence-electron chi connectivity index (χ1n) is 7.17. The maximum Gasteiger partial charge on any atom is 0.292 e. The van der Waals surface area contributed by atoms with E-state index in [1.807, 2.05) is 13.0 Å². The summed E-state index contributed by atoms with van der Waals surface area (Å²) in [4.78, 5) is 10.7. The highest BCUT2D eigenvalue weighted by Gasteiger charge is 2.32. The highest BCUT2D eigenvalue weighted by atomic mass is 16.6. The molecule has 1 aromatic rings. The van der Waals surface area contributed by atoms with Gasteiger partial charge in [0.2, 0.25) is 0 Å². The van der Waals surface area contributed by atoms with Crippen molar-refractivity contribution in [3.63, 3.8) is 0 Å². The van der Waals surface area contributed by atoms with Gasteiger partial charge in [-0.2, -0.15) is 0 Å². The molecule has 1 aliphatic rings. The summed E-state index contributed by atoms with van der Waals surface area (Å²) < 4.78 is 0. The van der Waals surface area contributed by atoms with E-state index in [1.165, 1.54) is 12.5 Å². The fraction of sp³-hybridized carbons (Fsp3) is 0.600. The van der Waals surface area contributed by atoms with Gasteiger partial charge in [-0.3, -0.25) is 10.1 Å². The lowest BCUT2D eigenvalue weighted by Crippen LogP contribution is -2.35. The SMILES string of the molecule is Cc1cccc([N+](=O)[O-])c1NCC1(CO)CCCCC1. The van der Waals surface area contributed by atoms with Crippen molar-refractivity contribution in [1.29, 1.82) is 0 Å². The van der Waals surface area contributed by atoms with Gasteiger partial charge in [0.1, 0.15) is 5.69 Å². The van der Waals surface area contributed by atoms with E-state index in [4.69, 9.17) is 0 Å². The molecule has 0 atom stereocenters. The molecule has 5 heteroatoms. The quantitative estimate of drug-likeness (QED) is 0.640. The van der Waals surface area contributed by atoms with Gasteiger partial charge in [0.25, 0.3) is 5.69 Å². The number of benzene rings is 1. The molecule has 0 heterocycles. The summed E-state index contributed by atoms with van der Waals surface area (Å²) in [6, 6.07) is 5.07. The summed E-state index contributed by atoms with van der Waals surface area (Å²) in [5, 5.41) is 24.0. The van der Waals surface area contributed by atoms with Crippen LogP contribution < -0.4 is 5.32 Å². The van der Waals surface area contributed by atoms with Crippen LogP contribution in [0, 0.1) is 22.5 Å². The number of nitro groups is 1. The first-order chi connectivity index (χ1) is 9.58. The van der Waals surface area contributed by atoms with Gasteiger partial charge >= 0.3 is 0 Å². The van der Waals surface area contributed by atoms with Gasteiger partial charge in [-0.25, -0.2) is 0 Å². The Morgan fingerprint density at radius 3 is 2.65 bits per heavy atom. The topological polar surface area (TPSA) is 75.4 Å². The van der Waals surface area contributed by atoms with E-state index in [-0.39, 0.29) is 22.6 Å². The van der Waals surface area contributed by atoms with Gasteiger partial charge in [0.15, 0.2) is 0 Å². The van der Waals surface area contributed by atoms with E-state index < -0.39 is 0 Å². The van der Waals surface area contributed by atoms with Crippen LogP contribution in [0.1, 0.15) is 37.7 Å². The summed E-state index contributed by atoms with van der Waals surface area (Å²) in [7, 11) is 0. The Bertz CT molecular complexity index is 482. The number of aryl methyl sites for hydroxylation is 1. The number of nitrogens with zero attached hydrogens (tertiary/aromatic N) is 1. The highest BCUT2D eigenvalue weighted by Crippen LogP contribution is 2.37. The number of rotatable bonds is 5. The maximum absolute atomic E-state index is 11.1. The van der Waals surface area contributed by atoms with Crippen molar-refractivity contribution >= 4 is 11.4 Å². The summed E-state index contributed by atoms with van der Waals surface area (Å²) in [5.41, 5.74) is 1.42. The van der Waals surface area contributed by atoms with E-state index >= 15 is 0 Å². The molecular weight excluding hydrogens is 256 g/mol. The summed E-state index contributed by atoms with van der Waals surface area (Å²) >= 11 is 0. The average molecular weight is 278 g/mol. The van der Waals surface area contributed by atoms with E-state index in [2.05, 4.69) is 5.32 Å². The number of aliphatic hydroxyl groups excluding tert-OH is 1. The Labute approximate surface area is 119 Å². The second kappa shape index (κ2) is 6.22. The highest BCUT2D eigenvalue weighted by molar-refractivity contribution is 5.66. The smallest absolute Gasteiger partial charge is 0.292 e. The molecule has 1 aliphatic carbocycles. The third-order valence-corrected chi connectivity index (χ3v) is 4.34. The predicted molar refractivity (Wildman–Crippen MR) is 78.9 cm³/mol. The first-order valence-corrected chi connectivity index (χ1v) is 7.17. The Kier molecular flexibility index (Phi) is 4.60. The Hall–Kier alpha value is -1.62. The van der Waals surface area contributed by atoms with Gasteiger partial charge in [-0.1, -0.05) is 31.4 Å². The lowest BCUT2D eigenvalue weighted by Gasteiger charge is -2.36. The van der Waals surface area contributed by atoms with Crippen molar-refractivity contribution < 1.29 is 10.0 Å². The van der Waals surface area contributed by atoms with Gasteiger partial charge in [-0.05, 0) is 25.3 Å². The summed E-state index contributed by atoms with van der Waals surface area (Å²) in [6.07, 6.45) is 5.43. The second-order valence-corrected chi connectivity index (χ2v) is 5.80. The standard InChI is InChI=1S/C15H22N2O3/c1-12-6-5-7-13(17(19)20)14(12)16-10-15(11-18)8-3-2-4-9-15/h5-7,16,18H,2-4,8-11H2,1H3. The molecule has 0 unspecified atom stereocenters. The molecule has 1 saturated carbocycles. The molecule has 2 rings (SSSR count). The molecule has 0 spiro atoms. The third-order valence-electron chi connectivity index (χ3n) is 4.34. The molecule has 0 radical (unpaired) electrons. The number of nitrogens with one attached hydrogen (secondary N) is 1. The third kappa shape index (κ3) is 3.10. The number of nitro benzene ring substituents is 1. The van der Waals surface area contributed by atoms with Crippen LogP contribution in [0.25, 0.3) is 0 Å². The van der Waals surface area contributed by atoms with Crippen LogP contribution in [0.15, 0.2) is 18.2 Å². The predicted octanol–water partition coefficient (Wildman–Crippen LogP) is 3.26. The molecule has 0 aromatic heterocycles. The minimum Gasteiger partial charge on any atom is -0.396 e. The largest absolute Gasteiger partial charge is 0.396 e. The van der Waals surface area contributed by atoms with Crippen LogP contribution in [0.3, 0.4) is 0 Å². The molecule has 5 nitrogen and oxygen atoms in total. The average Bonchev–Trinajstić information content (AvgIpc) is 2.46. The van der Waals surface area contributed by atoms with Crippen molar-refractivity contribution in [2.24, 2.45) is 5.41 Å². The van der Waals surface area contributed by atoms with Crippen LogP contribution in [-0.4, -0.2) is 23.2 Å². The molecule has 0 aliphatic heterocycles. The minimum atomic E-state index is -0.359. The van der Waals surface area contributed by atoms with Crippen LogP contribution in [0.5, 0.6) is 0 Å². The van der Waals surface area contributed by atoms with Crippen molar-refractivity contribution in [2.45, 2.75) is 39.0 Å². The molecular formula is C15H22N2O3. The molecule has 0 bridgehead atoms. The monoisotopic (exact) mass is 278 g/mol. The van der Waals surface area contributed by atoms with Crippen LogP contribution in [0.2, 0.25) is 0 Å². The minimum absolute atomic E-state index is 0.105. The Balaban J connectivity index is 2.15. The van der Waals surface area contributed by atoms with Crippen LogP contribution >= 0.6 is 0 Å². The van der Waals surface area contributed by atoms with E-state index in [1.54, 1.807) is 6.07 Å². The molecule has 0 saturated heterocycles. The zero-order chi connectivity index (χ0) is 14.6. The number of anilines is 1. The van der Waals surface area contributed by atoms with Crippen molar-refractivity contribution in [2.75, 3.05) is 18.5 Å². The lowest BCUT2D eigenvalue weighted by molar-refractivity contribution is -0.384. The van der Waals surface area contributed by atoms with Gasteiger partial charge < -0.3 is 10.4 Å². The molecule has 110 valence electrons. The van der Waals surface area contributed by atoms with Crippen LogP contribution in [0.4, 0.5) is 11.4 Å². The van der Waals surface area contributed by atoms with E-state index in [0.717, 1.165) is 31.2 Å². The zero-order valence-corrected chi connectivity index (χ0v) is 11.9. The van der Waals surface area contributed by atoms with E-state index in [0.29, 0.717) is 12.2 Å². The van der Waals surface area contributed by atoms with Crippen molar-refractivity contribution in [3.05, 3.63) is 33.9 Å². The van der Waals surface area contributed by atoms with Crippen molar-refractivity contribution in [3.8, 4) is 0 Å². The normalized spacial score (nSPS) is 17.7. The maximum atomic E-state index is 11.1. The van der Waals surface area contributed by atoms with Crippen molar-refractivity contribution in [1.82, 2.24) is 0 Å². The summed E-state index contributed by atoms with van der Waals surface area (Å²) in [5.74, 6) is 0. The summed E-state index contributed by atoms with van der Waals surface area (Å²) in [6.45, 7) is 2.59. The number of hydrogen-bond acceptors (Lipinski definition) is 4. The van der Waals surface area contributed by atoms with Gasteiger partial charge in [0.05, 0.1) is 11.5 Å². The lowest BCUT2D eigenvalue weighted by atomic mass is 9.74. The van der Waals surface area contributed by atoms with Gasteiger partial charge in [0, 0.05) is 18.0 Å². The molecule has 0 amide bonds. The second-order valence-electron chi connectivity index (χ2n) is 5.80. The fourth-order valence-electron chi connectivity index (χ4n) is 3.00. The number of para-hydroxylation sites is 1. The Morgan fingerprint density at radius 2 is 2.05 bits per heavy atom. The van der Waals surface area contributed by atoms with E-state index in [9.17, 15) is 15.2 Å². The first kappa shape index (κ1) is 14.8. The molecule has 20 heavy (non-hydrogen) atoms. The molecule has 1 aromatic carbocycles. The van der Waals surface area contributed by atoms with Crippen LogP contribution in [-0.2, 0) is 0 Å².